The molecule has 0 spiro atoms. The van der Waals surface area contributed by atoms with Gasteiger partial charge in [0, 0.05) is 0 Å². The first-order valence-corrected chi connectivity index (χ1v) is 15.8. The summed E-state index contributed by atoms with van der Waals surface area (Å²) in [5, 5.41) is 7.47. The number of allylic oxidation sites excluding steroid dienone is 2. The van der Waals surface area contributed by atoms with Crippen molar-refractivity contribution in [2.75, 3.05) is 0 Å². The Hall–Kier alpha value is -1.57. The van der Waals surface area contributed by atoms with Crippen molar-refractivity contribution in [2.45, 2.75) is 29.4 Å². The summed E-state index contributed by atoms with van der Waals surface area (Å²) in [6.45, 7) is 2.38. The minimum atomic E-state index is -0.826. The molecule has 3 aliphatic rings. The molecule has 1 heterocycles. The maximum atomic E-state index is 2.58. The van der Waals surface area contributed by atoms with Crippen molar-refractivity contribution in [3.63, 3.8) is 0 Å². The fourth-order valence-corrected chi connectivity index (χ4v) is 12.6. The zero-order valence-electron chi connectivity index (χ0n) is 19.0. The largest absolute Gasteiger partial charge is 1.00 e. The first-order chi connectivity index (χ1) is 15.8. The molecule has 0 fully saturated rings. The molecule has 2 aliphatic carbocycles. The van der Waals surface area contributed by atoms with Crippen LogP contribution >= 0.6 is 0 Å². The fraction of sp³-hybridized carbons (Fsp3) is 0.167. The number of benzene rings is 4. The van der Waals surface area contributed by atoms with Crippen LogP contribution < -0.4 is 24.8 Å². The quantitative estimate of drug-likeness (QED) is 0.299. The molecule has 1 aliphatic heterocycles. The van der Waals surface area contributed by atoms with Crippen LogP contribution in [0.1, 0.15) is 45.6 Å². The summed E-state index contributed by atoms with van der Waals surface area (Å²) in [7, 11) is 0.352. The monoisotopic (exact) mass is 572 g/mol. The van der Waals surface area contributed by atoms with Gasteiger partial charge in [0.05, 0.1) is 0 Å². The molecule has 1 unspecified atom stereocenters. The Balaban J connectivity index is 0.00000120. The van der Waals surface area contributed by atoms with Gasteiger partial charge in [-0.1, -0.05) is 0 Å². The normalized spacial score (nSPS) is 18.6. The van der Waals surface area contributed by atoms with Crippen molar-refractivity contribution < 1.29 is 48.0 Å². The Morgan fingerprint density at radius 2 is 1.53 bits per heavy atom. The molecule has 7 rings (SSSR count). The molecule has 0 bridgehead atoms. The SMILES string of the molecule is CC/[SiH]=C1\C2=[C]([Zr+2][CH]3C(=Cc4c3ccc3ccccc43)CC2)c2ccc3ccccc3c21.[Cl-].[Cl-]. The molecule has 0 saturated carbocycles. The second kappa shape index (κ2) is 9.47. The average molecular weight is 575 g/mol. The van der Waals surface area contributed by atoms with Crippen molar-refractivity contribution >= 4 is 45.2 Å². The fourth-order valence-electron chi connectivity index (χ4n) is 6.07. The zero-order valence-corrected chi connectivity index (χ0v) is 24.2. The molecule has 166 valence electrons. The molecule has 4 aromatic rings. The number of fused-ring (bicyclic) bond motifs is 9. The van der Waals surface area contributed by atoms with Gasteiger partial charge < -0.3 is 24.8 Å². The third kappa shape index (κ3) is 3.53. The van der Waals surface area contributed by atoms with Crippen LogP contribution in [-0.2, 0) is 23.2 Å². The van der Waals surface area contributed by atoms with Crippen LogP contribution in [0.4, 0.5) is 0 Å². The average Bonchev–Trinajstić information content (AvgIpc) is 3.27. The Labute approximate surface area is 227 Å². The molecule has 0 N–H and O–H groups in total. The first-order valence-electron chi connectivity index (χ1n) is 11.8. The Kier molecular flexibility index (Phi) is 6.73. The van der Waals surface area contributed by atoms with E-state index in [4.69, 9.17) is 0 Å². The van der Waals surface area contributed by atoms with Crippen LogP contribution in [0.2, 0.25) is 6.04 Å². The molecular weight excluding hydrogens is 551 g/mol. The van der Waals surface area contributed by atoms with E-state index in [1.807, 2.05) is 3.28 Å². The van der Waals surface area contributed by atoms with Gasteiger partial charge in [0.15, 0.2) is 0 Å². The van der Waals surface area contributed by atoms with E-state index in [1.54, 1.807) is 33.0 Å². The second-order valence-electron chi connectivity index (χ2n) is 9.18. The van der Waals surface area contributed by atoms with Gasteiger partial charge in [-0.15, -0.1) is 0 Å². The Morgan fingerprint density at radius 3 is 2.32 bits per heavy atom. The van der Waals surface area contributed by atoms with E-state index in [9.17, 15) is 0 Å². The van der Waals surface area contributed by atoms with Crippen LogP contribution in [-0.4, -0.2) is 14.3 Å². The van der Waals surface area contributed by atoms with E-state index >= 15 is 0 Å². The number of halogens is 2. The molecule has 0 aromatic heterocycles. The van der Waals surface area contributed by atoms with Crippen molar-refractivity contribution in [1.29, 1.82) is 0 Å². The van der Waals surface area contributed by atoms with Crippen LogP contribution in [0.25, 0.3) is 30.9 Å². The van der Waals surface area contributed by atoms with Crippen molar-refractivity contribution in [3.05, 3.63) is 106 Å². The predicted molar refractivity (Wildman–Crippen MR) is 137 cm³/mol. The number of hydrogen-bond acceptors (Lipinski definition) is 0. The molecule has 0 amide bonds. The predicted octanol–water partition coefficient (Wildman–Crippen LogP) is 1.14. The van der Waals surface area contributed by atoms with Crippen LogP contribution in [0.3, 0.4) is 0 Å². The molecule has 0 saturated heterocycles. The third-order valence-electron chi connectivity index (χ3n) is 7.47. The molecule has 4 heteroatoms. The smallest absolute Gasteiger partial charge is 1.00 e. The van der Waals surface area contributed by atoms with Gasteiger partial charge >= 0.3 is 204 Å². The van der Waals surface area contributed by atoms with Gasteiger partial charge in [0.2, 0.25) is 0 Å². The van der Waals surface area contributed by atoms with E-state index in [2.05, 4.69) is 85.8 Å². The maximum absolute atomic E-state index is 2.58. The molecule has 0 radical (unpaired) electrons. The van der Waals surface area contributed by atoms with E-state index in [-0.39, 0.29) is 24.8 Å². The summed E-state index contributed by atoms with van der Waals surface area (Å²) < 4.78 is 2.53. The molecule has 0 nitrogen and oxygen atoms in total. The van der Waals surface area contributed by atoms with E-state index in [0.717, 1.165) is 0 Å². The Morgan fingerprint density at radius 1 is 0.824 bits per heavy atom. The van der Waals surface area contributed by atoms with Gasteiger partial charge in [-0.3, -0.25) is 0 Å². The van der Waals surface area contributed by atoms with Crippen molar-refractivity contribution in [2.24, 2.45) is 0 Å². The third-order valence-corrected chi connectivity index (χ3v) is 13.4. The minimum absolute atomic E-state index is 0. The van der Waals surface area contributed by atoms with Crippen LogP contribution in [0.15, 0.2) is 83.9 Å². The van der Waals surface area contributed by atoms with Gasteiger partial charge in [-0.2, -0.15) is 0 Å². The summed E-state index contributed by atoms with van der Waals surface area (Å²) >= 11 is -0.826. The van der Waals surface area contributed by atoms with Crippen LogP contribution in [0, 0.1) is 0 Å². The summed E-state index contributed by atoms with van der Waals surface area (Å²) in [5.74, 6) is 0. The summed E-state index contributed by atoms with van der Waals surface area (Å²) in [6.07, 6.45) is 5.07. The minimum Gasteiger partial charge on any atom is -1.00 e. The maximum Gasteiger partial charge on any atom is -1.00 e. The van der Waals surface area contributed by atoms with Gasteiger partial charge in [0.25, 0.3) is 0 Å². The first kappa shape index (κ1) is 24.1. The summed E-state index contributed by atoms with van der Waals surface area (Å²) in [4.78, 5) is 0. The standard InChI is InChI=1S/C30H24Si.2ClH.Zr/c1-2-31-30-25(19-24-16-14-22-8-4-6-10-27(22)29(24)30)12-11-20-17-23-15-13-21-7-3-5-9-26(21)28(23)18-20;;;/h3-10,13-18,31H,2,11-12H2,1H3;2*1H;/q;;;+2/p-2/b31-30+;;;. The van der Waals surface area contributed by atoms with E-state index < -0.39 is 23.2 Å². The number of hydrogen-bond donors (Lipinski definition) is 0. The number of rotatable bonds is 1. The van der Waals surface area contributed by atoms with Crippen LogP contribution in [0.5, 0.6) is 0 Å². The molecule has 34 heavy (non-hydrogen) atoms. The molecular formula is C30H24Cl2SiZr. The van der Waals surface area contributed by atoms with E-state index in [1.165, 1.54) is 46.0 Å². The van der Waals surface area contributed by atoms with Crippen molar-refractivity contribution in [3.8, 4) is 0 Å². The Bertz CT molecular complexity index is 1550. The van der Waals surface area contributed by atoms with Gasteiger partial charge in [-0.05, 0) is 0 Å². The van der Waals surface area contributed by atoms with Crippen molar-refractivity contribution in [1.82, 2.24) is 0 Å². The van der Waals surface area contributed by atoms with Gasteiger partial charge in [0.1, 0.15) is 0 Å². The topological polar surface area (TPSA) is 0 Å². The second-order valence-corrected chi connectivity index (χ2v) is 14.3. The zero-order chi connectivity index (χ0) is 21.2. The van der Waals surface area contributed by atoms with Gasteiger partial charge in [-0.25, -0.2) is 0 Å². The summed E-state index contributed by atoms with van der Waals surface area (Å²) in [5.41, 5.74) is 9.88. The molecule has 4 aromatic carbocycles. The summed E-state index contributed by atoms with van der Waals surface area (Å²) in [6, 6.07) is 29.0. The molecule has 1 atom stereocenters. The van der Waals surface area contributed by atoms with E-state index in [0.29, 0.717) is 12.8 Å².